The Labute approximate surface area is 102 Å². The van der Waals surface area contributed by atoms with Crippen molar-refractivity contribution in [2.45, 2.75) is 39.2 Å². The second-order valence-electron chi connectivity index (χ2n) is 4.94. The van der Waals surface area contributed by atoms with Crippen molar-refractivity contribution >= 4 is 0 Å². The zero-order valence-electron chi connectivity index (χ0n) is 10.8. The number of halogens is 2. The van der Waals surface area contributed by atoms with Crippen molar-refractivity contribution in [2.24, 2.45) is 5.92 Å². The molecule has 1 N–H and O–H groups in total. The molecule has 1 nitrogen and oxygen atoms in total. The molecule has 1 unspecified atom stereocenters. The predicted molar refractivity (Wildman–Crippen MR) is 67.0 cm³/mol. The van der Waals surface area contributed by atoms with Gasteiger partial charge in [0.1, 0.15) is 11.6 Å². The molecule has 0 aromatic heterocycles. The highest BCUT2D eigenvalue weighted by atomic mass is 19.1. The summed E-state index contributed by atoms with van der Waals surface area (Å²) in [4.78, 5) is 0. The van der Waals surface area contributed by atoms with Gasteiger partial charge in [-0.2, -0.15) is 0 Å². The Kier molecular flexibility index (Phi) is 5.56. The molecule has 0 spiro atoms. The average Bonchev–Trinajstić information content (AvgIpc) is 2.22. The van der Waals surface area contributed by atoms with E-state index in [1.54, 1.807) is 0 Å². The molecule has 0 radical (unpaired) electrons. The highest BCUT2D eigenvalue weighted by Gasteiger charge is 2.10. The van der Waals surface area contributed by atoms with E-state index >= 15 is 0 Å². The van der Waals surface area contributed by atoms with Crippen LogP contribution in [0.4, 0.5) is 8.78 Å². The van der Waals surface area contributed by atoms with Crippen molar-refractivity contribution in [3.8, 4) is 0 Å². The van der Waals surface area contributed by atoms with Gasteiger partial charge in [0.05, 0.1) is 0 Å². The standard InChI is InChI=1S/C14H21F2N/c1-10(2)4-5-14(17-3)8-11-6-12(15)9-13(16)7-11/h6-7,9-10,14,17H,4-5,8H2,1-3H3. The highest BCUT2D eigenvalue weighted by molar-refractivity contribution is 5.18. The van der Waals surface area contributed by atoms with E-state index in [9.17, 15) is 8.78 Å². The fourth-order valence-electron chi connectivity index (χ4n) is 1.90. The minimum Gasteiger partial charge on any atom is -0.317 e. The number of likely N-dealkylation sites (N-methyl/N-ethyl adjacent to an activating group) is 1. The summed E-state index contributed by atoms with van der Waals surface area (Å²) in [5, 5.41) is 3.20. The van der Waals surface area contributed by atoms with E-state index < -0.39 is 11.6 Å². The Morgan fingerprint density at radius 1 is 1.06 bits per heavy atom. The van der Waals surface area contributed by atoms with Crippen LogP contribution in [0.15, 0.2) is 18.2 Å². The third kappa shape index (κ3) is 5.26. The minimum atomic E-state index is -0.501. The minimum absolute atomic E-state index is 0.276. The van der Waals surface area contributed by atoms with Crippen LogP contribution in [0.5, 0.6) is 0 Å². The first-order chi connectivity index (χ1) is 8.01. The molecule has 0 aliphatic carbocycles. The van der Waals surface area contributed by atoms with Gasteiger partial charge < -0.3 is 5.32 Å². The van der Waals surface area contributed by atoms with Gasteiger partial charge in [0.25, 0.3) is 0 Å². The summed E-state index contributed by atoms with van der Waals surface area (Å²) in [5.41, 5.74) is 0.714. The average molecular weight is 241 g/mol. The molecule has 1 rings (SSSR count). The Bertz CT molecular complexity index is 330. The van der Waals surface area contributed by atoms with Gasteiger partial charge in [-0.25, -0.2) is 8.78 Å². The number of hydrogen-bond acceptors (Lipinski definition) is 1. The normalized spacial score (nSPS) is 13.1. The summed E-state index contributed by atoms with van der Waals surface area (Å²) in [7, 11) is 1.89. The van der Waals surface area contributed by atoms with Crippen molar-refractivity contribution in [3.05, 3.63) is 35.4 Å². The van der Waals surface area contributed by atoms with Crippen molar-refractivity contribution < 1.29 is 8.78 Å². The molecule has 1 atom stereocenters. The van der Waals surface area contributed by atoms with Crippen molar-refractivity contribution in [3.63, 3.8) is 0 Å². The van der Waals surface area contributed by atoms with Gasteiger partial charge in [0, 0.05) is 12.1 Å². The van der Waals surface area contributed by atoms with Gasteiger partial charge in [0.15, 0.2) is 0 Å². The fourth-order valence-corrected chi connectivity index (χ4v) is 1.90. The molecule has 0 saturated heterocycles. The lowest BCUT2D eigenvalue weighted by atomic mass is 9.98. The summed E-state index contributed by atoms with van der Waals surface area (Å²) in [5.74, 6) is -0.354. The van der Waals surface area contributed by atoms with Crippen LogP contribution in [0.1, 0.15) is 32.3 Å². The maximum absolute atomic E-state index is 13.0. The first kappa shape index (κ1) is 14.1. The van der Waals surface area contributed by atoms with Crippen LogP contribution < -0.4 is 5.32 Å². The summed E-state index contributed by atoms with van der Waals surface area (Å²) in [6, 6.07) is 4.00. The molecule has 0 bridgehead atoms. The second-order valence-corrected chi connectivity index (χ2v) is 4.94. The summed E-state index contributed by atoms with van der Waals surface area (Å²) >= 11 is 0. The molecule has 0 saturated carbocycles. The van der Waals surface area contributed by atoms with Crippen LogP contribution in [-0.2, 0) is 6.42 Å². The summed E-state index contributed by atoms with van der Waals surface area (Å²) < 4.78 is 26.1. The quantitative estimate of drug-likeness (QED) is 0.803. The molecule has 1 aromatic rings. The van der Waals surface area contributed by atoms with Crippen LogP contribution in [-0.4, -0.2) is 13.1 Å². The molecule has 0 fully saturated rings. The second kappa shape index (κ2) is 6.70. The Balaban J connectivity index is 2.60. The van der Waals surface area contributed by atoms with Crippen LogP contribution in [0.3, 0.4) is 0 Å². The van der Waals surface area contributed by atoms with E-state index in [4.69, 9.17) is 0 Å². The zero-order chi connectivity index (χ0) is 12.8. The lowest BCUT2D eigenvalue weighted by Gasteiger charge is -2.17. The van der Waals surface area contributed by atoms with E-state index in [2.05, 4.69) is 19.2 Å². The molecule has 0 aliphatic heterocycles. The largest absolute Gasteiger partial charge is 0.317 e. The smallest absolute Gasteiger partial charge is 0.126 e. The maximum atomic E-state index is 13.0. The first-order valence-electron chi connectivity index (χ1n) is 6.13. The topological polar surface area (TPSA) is 12.0 Å². The van der Waals surface area contributed by atoms with Gasteiger partial charge >= 0.3 is 0 Å². The van der Waals surface area contributed by atoms with Crippen LogP contribution in [0.25, 0.3) is 0 Å². The van der Waals surface area contributed by atoms with Gasteiger partial charge in [0.2, 0.25) is 0 Å². The Morgan fingerprint density at radius 3 is 2.12 bits per heavy atom. The van der Waals surface area contributed by atoms with Gasteiger partial charge in [-0.15, -0.1) is 0 Å². The van der Waals surface area contributed by atoms with Crippen molar-refractivity contribution in [2.75, 3.05) is 7.05 Å². The maximum Gasteiger partial charge on any atom is 0.126 e. The fraction of sp³-hybridized carbons (Fsp3) is 0.571. The number of nitrogens with one attached hydrogen (secondary N) is 1. The number of hydrogen-bond donors (Lipinski definition) is 1. The van der Waals surface area contributed by atoms with E-state index in [1.165, 1.54) is 12.1 Å². The molecular weight excluding hydrogens is 220 g/mol. The Hall–Kier alpha value is -0.960. The predicted octanol–water partition coefficient (Wildman–Crippen LogP) is 3.53. The molecule has 1 aromatic carbocycles. The van der Waals surface area contributed by atoms with Crippen LogP contribution in [0.2, 0.25) is 0 Å². The molecule has 17 heavy (non-hydrogen) atoms. The van der Waals surface area contributed by atoms with E-state index in [0.717, 1.165) is 18.9 Å². The third-order valence-electron chi connectivity index (χ3n) is 2.91. The van der Waals surface area contributed by atoms with E-state index in [1.807, 2.05) is 7.05 Å². The molecule has 96 valence electrons. The van der Waals surface area contributed by atoms with Gasteiger partial charge in [-0.1, -0.05) is 13.8 Å². The third-order valence-corrected chi connectivity index (χ3v) is 2.91. The summed E-state index contributed by atoms with van der Waals surface area (Å²) in [6.45, 7) is 4.35. The zero-order valence-corrected chi connectivity index (χ0v) is 10.8. The monoisotopic (exact) mass is 241 g/mol. The van der Waals surface area contributed by atoms with E-state index in [-0.39, 0.29) is 6.04 Å². The lowest BCUT2D eigenvalue weighted by molar-refractivity contribution is 0.449. The molecule has 0 heterocycles. The van der Waals surface area contributed by atoms with Crippen molar-refractivity contribution in [1.29, 1.82) is 0 Å². The number of benzene rings is 1. The molecule has 3 heteroatoms. The van der Waals surface area contributed by atoms with Gasteiger partial charge in [-0.3, -0.25) is 0 Å². The molecule has 0 amide bonds. The molecular formula is C14H21F2N. The number of rotatable bonds is 6. The first-order valence-corrected chi connectivity index (χ1v) is 6.13. The molecule has 0 aliphatic rings. The van der Waals surface area contributed by atoms with Crippen molar-refractivity contribution in [1.82, 2.24) is 5.32 Å². The highest BCUT2D eigenvalue weighted by Crippen LogP contribution is 2.14. The SMILES string of the molecule is CNC(CCC(C)C)Cc1cc(F)cc(F)c1. The van der Waals surface area contributed by atoms with E-state index in [0.29, 0.717) is 17.9 Å². The van der Waals surface area contributed by atoms with Gasteiger partial charge in [-0.05, 0) is 49.9 Å². The summed E-state index contributed by atoms with van der Waals surface area (Å²) in [6.07, 6.45) is 2.80. The van der Waals surface area contributed by atoms with Crippen LogP contribution >= 0.6 is 0 Å². The lowest BCUT2D eigenvalue weighted by Crippen LogP contribution is -2.28. The van der Waals surface area contributed by atoms with Crippen LogP contribution in [0, 0.1) is 17.6 Å². The Morgan fingerprint density at radius 2 is 1.65 bits per heavy atom.